The molecule has 8 rings (SSSR count). The van der Waals surface area contributed by atoms with Crippen molar-refractivity contribution in [3.05, 3.63) is 23.3 Å². The van der Waals surface area contributed by atoms with Crippen LogP contribution in [0.1, 0.15) is 114 Å². The summed E-state index contributed by atoms with van der Waals surface area (Å²) in [6, 6.07) is 0. The summed E-state index contributed by atoms with van der Waals surface area (Å²) in [6.45, 7) is 16.8. The first-order valence-corrected chi connectivity index (χ1v) is 27.5. The number of hydrogen-bond donors (Lipinski definition) is 12. The second-order valence-electron chi connectivity index (χ2n) is 25.7. The van der Waals surface area contributed by atoms with Gasteiger partial charge in [0.2, 0.25) is 0 Å². The molecule has 440 valence electrons. The molecular weight excluding hydrogens is 1010 g/mol. The lowest BCUT2D eigenvalue weighted by Gasteiger charge is -2.72. The molecule has 77 heavy (non-hydrogen) atoms. The average Bonchev–Trinajstić information content (AvgIpc) is 3.45. The van der Waals surface area contributed by atoms with Crippen molar-refractivity contribution in [2.45, 2.75) is 231 Å². The number of allylic oxidation sites excluding steroid dienone is 3. The van der Waals surface area contributed by atoms with Gasteiger partial charge in [0.1, 0.15) is 85.5 Å². The van der Waals surface area contributed by atoms with Crippen LogP contribution >= 0.6 is 0 Å². The molecule has 0 aromatic rings. The predicted molar refractivity (Wildman–Crippen MR) is 267 cm³/mol. The molecule has 0 spiro atoms. The zero-order valence-electron chi connectivity index (χ0n) is 46.1. The van der Waals surface area contributed by atoms with Crippen molar-refractivity contribution in [2.75, 3.05) is 26.4 Å². The molecule has 0 amide bonds. The van der Waals surface area contributed by atoms with E-state index in [1.165, 1.54) is 6.92 Å². The van der Waals surface area contributed by atoms with Gasteiger partial charge in [-0.05, 0) is 98.2 Å². The van der Waals surface area contributed by atoms with Crippen LogP contribution in [0, 0.1) is 50.2 Å². The van der Waals surface area contributed by atoms with Gasteiger partial charge in [0, 0.05) is 17.9 Å². The van der Waals surface area contributed by atoms with Crippen molar-refractivity contribution in [2.24, 2.45) is 50.2 Å². The van der Waals surface area contributed by atoms with Crippen LogP contribution in [0.4, 0.5) is 0 Å². The zero-order valence-corrected chi connectivity index (χ0v) is 46.1. The summed E-state index contributed by atoms with van der Waals surface area (Å²) in [6.07, 6.45) is -21.6. The van der Waals surface area contributed by atoms with Crippen molar-refractivity contribution in [3.63, 3.8) is 0 Å². The molecule has 22 heteroatoms. The maximum absolute atomic E-state index is 13.4. The highest BCUT2D eigenvalue weighted by Crippen LogP contribution is 2.76. The smallest absolute Gasteiger partial charge is 0.333 e. The van der Waals surface area contributed by atoms with E-state index in [0.29, 0.717) is 31.3 Å². The first-order valence-electron chi connectivity index (χ1n) is 27.5. The van der Waals surface area contributed by atoms with E-state index < -0.39 is 188 Å². The highest BCUT2D eigenvalue weighted by molar-refractivity contribution is 5.87. The lowest BCUT2D eigenvalue weighted by Crippen LogP contribution is -2.72. The number of ether oxygens (including phenoxy) is 8. The molecule has 0 radical (unpaired) electrons. The summed E-state index contributed by atoms with van der Waals surface area (Å²) in [5, 5.41) is 132. The Morgan fingerprint density at radius 2 is 1.19 bits per heavy atom. The summed E-state index contributed by atoms with van der Waals surface area (Å²) < 4.78 is 49.1. The van der Waals surface area contributed by atoms with Gasteiger partial charge in [-0.25, -0.2) is 4.79 Å². The average molecular weight is 1100 g/mol. The third kappa shape index (κ3) is 9.79. The van der Waals surface area contributed by atoms with E-state index in [2.05, 4.69) is 40.7 Å². The third-order valence-electron chi connectivity index (χ3n) is 20.9. The van der Waals surface area contributed by atoms with Crippen LogP contribution in [0.5, 0.6) is 0 Å². The van der Waals surface area contributed by atoms with Crippen LogP contribution in [0.15, 0.2) is 23.3 Å². The van der Waals surface area contributed by atoms with Gasteiger partial charge in [-0.1, -0.05) is 66.2 Å². The second kappa shape index (κ2) is 22.1. The number of hydrogen-bond acceptors (Lipinski definition) is 22. The first kappa shape index (κ1) is 60.8. The van der Waals surface area contributed by atoms with E-state index in [-0.39, 0.29) is 23.7 Å². The highest BCUT2D eigenvalue weighted by atomic mass is 16.8. The van der Waals surface area contributed by atoms with E-state index in [1.807, 2.05) is 13.8 Å². The normalized spacial score (nSPS) is 50.5. The Balaban J connectivity index is 1.09. The molecule has 3 saturated heterocycles. The Kier molecular flexibility index (Phi) is 17.5. The number of aliphatic hydroxyl groups excluding tert-OH is 12. The third-order valence-corrected chi connectivity index (χ3v) is 20.9. The minimum Gasteiger partial charge on any atom is -0.458 e. The van der Waals surface area contributed by atoms with Gasteiger partial charge in [0.25, 0.3) is 0 Å². The van der Waals surface area contributed by atoms with E-state index in [4.69, 9.17) is 37.9 Å². The summed E-state index contributed by atoms with van der Waals surface area (Å²) in [7, 11) is 0. The van der Waals surface area contributed by atoms with Gasteiger partial charge in [0.15, 0.2) is 18.9 Å². The van der Waals surface area contributed by atoms with Crippen molar-refractivity contribution in [3.8, 4) is 0 Å². The molecule has 26 atom stereocenters. The Morgan fingerprint density at radius 1 is 0.636 bits per heavy atom. The topological polar surface area (TPSA) is 351 Å². The fourth-order valence-electron chi connectivity index (χ4n) is 16.3. The molecule has 4 saturated carbocycles. The van der Waals surface area contributed by atoms with Crippen LogP contribution in [0.2, 0.25) is 0 Å². The largest absolute Gasteiger partial charge is 0.458 e. The minimum absolute atomic E-state index is 0.00249. The summed E-state index contributed by atoms with van der Waals surface area (Å²) in [5.74, 6) is -1.57. The van der Waals surface area contributed by atoms with Gasteiger partial charge in [-0.3, -0.25) is 4.79 Å². The van der Waals surface area contributed by atoms with Crippen LogP contribution in [-0.2, 0) is 47.5 Å². The van der Waals surface area contributed by atoms with Crippen LogP contribution in [-0.4, -0.2) is 216 Å². The number of rotatable bonds is 13. The maximum Gasteiger partial charge on any atom is 0.333 e. The molecule has 3 aliphatic heterocycles. The van der Waals surface area contributed by atoms with Crippen LogP contribution < -0.4 is 0 Å². The number of aliphatic hydroxyl groups is 12. The Bertz CT molecular complexity index is 2190. The van der Waals surface area contributed by atoms with Crippen molar-refractivity contribution >= 4 is 11.9 Å². The molecule has 22 nitrogen and oxygen atoms in total. The second-order valence-corrected chi connectivity index (χ2v) is 25.7. The number of carbonyl (C=O) groups excluding carboxylic acids is 2. The molecular formula is C55H88O22. The molecule has 3 unspecified atom stereocenters. The molecule has 7 fully saturated rings. The Hall–Kier alpha value is -2.30. The van der Waals surface area contributed by atoms with Gasteiger partial charge in [-0.15, -0.1) is 0 Å². The molecule has 0 bridgehead atoms. The summed E-state index contributed by atoms with van der Waals surface area (Å²) >= 11 is 0. The standard InChI is InChI=1S/C55H88O22/c1-11-24(2)46(69)77-44-45(70-25(3)60)55(23-59)27(18-50(44,4)5)26-12-13-32-52(8)16-15-34(51(6,7)31(52)14-17-53(32,9)54(26,10)19-33(55)61)74-49-43(76-48-40(67)38(65)36(63)29(21-57)72-48)41(68)42(30(22-58)73-49)75-47-39(66)37(64)35(62)28(20-56)71-47/h11-12,27-45,47-49,56-59,61-68H,13-23H2,1-10H3/b24-11+/t27?,28-,29-,30-,31?,32?,33-,34+,35-,36+,37+,38+,39-,40-,41+,42-,43-,44+,45+,47+,48+,49+,52+,53-,54-,55+/m1/s1. The van der Waals surface area contributed by atoms with Gasteiger partial charge >= 0.3 is 11.9 Å². The number of carbonyl (C=O) groups is 2. The van der Waals surface area contributed by atoms with Crippen LogP contribution in [0.3, 0.4) is 0 Å². The van der Waals surface area contributed by atoms with E-state index >= 15 is 0 Å². The fraction of sp³-hybridized carbons (Fsp3) is 0.891. The van der Waals surface area contributed by atoms with Gasteiger partial charge in [-0.2, -0.15) is 0 Å². The number of esters is 2. The number of fused-ring (bicyclic) bond motifs is 7. The van der Waals surface area contributed by atoms with E-state index in [9.17, 15) is 70.9 Å². The zero-order chi connectivity index (χ0) is 56.9. The minimum atomic E-state index is -1.92. The SMILES string of the molecule is C/C=C(\C)C(=O)O[C@H]1[C@H](OC(C)=O)[C@@]2(CO)C(CC1(C)C)C1=CCC3[C@@]4(C)CC[C@H](O[C@@H]5O[C@H](CO)[C@@H](O[C@@H]6O[C@H](CO)[C@@H](O)[C@H](O)[C@H]6O)[C@H](O)[C@H]5O[C@@H]5O[C@H](CO)[C@H](O)[C@H](O)[C@H]5O)C(C)(C)C4CC[C@@]3(C)[C@]1(C)C[C@H]2O. The molecule has 0 aromatic heterocycles. The Morgan fingerprint density at radius 3 is 1.73 bits per heavy atom. The molecule has 8 aliphatic rings. The predicted octanol–water partition coefficient (Wildman–Crippen LogP) is -0.386. The quantitative estimate of drug-likeness (QED) is 0.0484. The monoisotopic (exact) mass is 1100 g/mol. The highest BCUT2D eigenvalue weighted by Gasteiger charge is 2.74. The maximum atomic E-state index is 13.4. The van der Waals surface area contributed by atoms with Gasteiger partial charge in [0.05, 0.1) is 44.1 Å². The fourth-order valence-corrected chi connectivity index (χ4v) is 16.3. The summed E-state index contributed by atoms with van der Waals surface area (Å²) in [4.78, 5) is 26.4. The first-order chi connectivity index (χ1) is 36.0. The molecule has 3 heterocycles. The molecule has 0 aromatic carbocycles. The van der Waals surface area contributed by atoms with Crippen molar-refractivity contribution in [1.82, 2.24) is 0 Å². The van der Waals surface area contributed by atoms with Crippen molar-refractivity contribution in [1.29, 1.82) is 0 Å². The van der Waals surface area contributed by atoms with Crippen molar-refractivity contribution < 1.29 is 109 Å². The van der Waals surface area contributed by atoms with Gasteiger partial charge < -0.3 is 99.2 Å². The van der Waals surface area contributed by atoms with E-state index in [1.54, 1.807) is 19.9 Å². The van der Waals surface area contributed by atoms with Crippen LogP contribution in [0.25, 0.3) is 0 Å². The lowest BCUT2D eigenvalue weighted by molar-refractivity contribution is -0.395. The summed E-state index contributed by atoms with van der Waals surface area (Å²) in [5.41, 5.74) is -2.64. The lowest BCUT2D eigenvalue weighted by atomic mass is 9.33. The van der Waals surface area contributed by atoms with E-state index in [0.717, 1.165) is 18.4 Å². The Labute approximate surface area is 450 Å². The molecule has 12 N–H and O–H groups in total. The molecule has 5 aliphatic carbocycles.